The molecule has 0 bridgehead atoms. The van der Waals surface area contributed by atoms with Crippen molar-refractivity contribution in [2.75, 3.05) is 40.4 Å². The fraction of sp³-hybridized carbons (Fsp3) is 0.429. The van der Waals surface area contributed by atoms with E-state index in [1.807, 2.05) is 25.7 Å². The van der Waals surface area contributed by atoms with Crippen LogP contribution in [-0.2, 0) is 0 Å². The van der Waals surface area contributed by atoms with Gasteiger partial charge in [0.25, 0.3) is 0 Å². The number of aromatic amines is 1. The van der Waals surface area contributed by atoms with Crippen molar-refractivity contribution in [1.29, 1.82) is 5.26 Å². The molecule has 1 heterocycles. The van der Waals surface area contributed by atoms with Gasteiger partial charge in [-0.1, -0.05) is 29.8 Å². The molecule has 5 nitrogen and oxygen atoms in total. The number of nitrogens with zero attached hydrogens (tertiary/aromatic N) is 2. The molecule has 2 aromatic rings. The highest BCUT2D eigenvalue weighted by atomic mass is 79.9. The number of rotatable bonds is 7. The van der Waals surface area contributed by atoms with Crippen molar-refractivity contribution < 1.29 is 18.3 Å². The van der Waals surface area contributed by atoms with Crippen molar-refractivity contribution in [1.82, 2.24) is 9.88 Å². The number of H-pyrrole nitrogens is 1. The molecule has 0 amide bonds. The summed E-state index contributed by atoms with van der Waals surface area (Å²) in [6.45, 7) is 3.89. The predicted octanol–water partition coefficient (Wildman–Crippen LogP) is 5.68. The van der Waals surface area contributed by atoms with Gasteiger partial charge < -0.3 is 14.6 Å². The summed E-state index contributed by atoms with van der Waals surface area (Å²) in [7, 11) is 3.99. The number of fused-ring (bicyclic) bond motifs is 1. The number of benzene rings is 1. The number of carbonyl (C=O) groups excluding carboxylic acids is 1. The maximum Gasteiger partial charge on any atom is 0.221 e. The summed E-state index contributed by atoms with van der Waals surface area (Å²) in [5.74, 6) is 2.07. The van der Waals surface area contributed by atoms with Crippen LogP contribution >= 0.6 is 15.9 Å². The zero-order valence-electron chi connectivity index (χ0n) is 17.9. The number of alkyl halides is 3. The van der Waals surface area contributed by atoms with Crippen LogP contribution in [0.3, 0.4) is 0 Å². The van der Waals surface area contributed by atoms with E-state index in [0.717, 1.165) is 10.9 Å². The molecular formula is C21H30BrF2N3O2. The van der Waals surface area contributed by atoms with Crippen molar-refractivity contribution in [3.63, 3.8) is 0 Å². The van der Waals surface area contributed by atoms with Crippen LogP contribution in [0.25, 0.3) is 10.9 Å². The smallest absolute Gasteiger partial charge is 0.221 e. The van der Waals surface area contributed by atoms with Crippen LogP contribution in [0.15, 0.2) is 36.0 Å². The molecule has 8 heteroatoms. The molecule has 0 atom stereocenters. The molecule has 0 fully saturated rings. The third kappa shape index (κ3) is 10.1. The summed E-state index contributed by atoms with van der Waals surface area (Å²) >= 11 is 2.94. The molecule has 0 aliphatic heterocycles. The fourth-order valence-electron chi connectivity index (χ4n) is 2.11. The third-order valence-corrected chi connectivity index (χ3v) is 3.14. The Morgan fingerprint density at radius 1 is 1.28 bits per heavy atom. The Hall–Kier alpha value is -2.40. The number of nitrogens with one attached hydrogen (secondary N) is 1. The second-order valence-electron chi connectivity index (χ2n) is 5.27. The lowest BCUT2D eigenvalue weighted by Gasteiger charge is -2.04. The lowest BCUT2D eigenvalue weighted by molar-refractivity contribution is 0.103. The van der Waals surface area contributed by atoms with Crippen LogP contribution in [0.5, 0.6) is 5.75 Å². The number of nitriles is 1. The van der Waals surface area contributed by atoms with Crippen molar-refractivity contribution in [2.24, 2.45) is 0 Å². The minimum absolute atomic E-state index is 0.0565. The summed E-state index contributed by atoms with van der Waals surface area (Å²) in [6, 6.07) is 8.92. The maximum absolute atomic E-state index is 12.4. The molecular weight excluding hydrogens is 444 g/mol. The average Bonchev–Trinajstić information content (AvgIpc) is 3.19. The Kier molecular flexibility index (Phi) is 17.6. The number of ketones is 1. The van der Waals surface area contributed by atoms with Crippen LogP contribution in [0.2, 0.25) is 0 Å². The standard InChI is InChI=1S/C17H18FN3O2.C2H6.CH3Br.CH3F/c1-21(2)11-13(10-19)17(22)16-9-12-8-14(23-7-3-6-18)4-5-15(12)20-16;3*1-2/h4-5,8-9,11,20H,3,6-7H2,1-2H3;1-2H3;2*1H3/b13-11+;;;. The minimum atomic E-state index is -0.416. The van der Waals surface area contributed by atoms with Gasteiger partial charge in [-0.05, 0) is 30.1 Å². The SMILES string of the molecule is CBr.CC.CF.CN(C)/C=C(\C#N)C(=O)c1cc2cc(OCCCF)ccc2[nH]1. The van der Waals surface area contributed by atoms with Crippen molar-refractivity contribution in [2.45, 2.75) is 20.3 Å². The Bertz CT molecular complexity index is 784. The van der Waals surface area contributed by atoms with Crippen LogP contribution in [0, 0.1) is 11.3 Å². The molecule has 162 valence electrons. The number of allylic oxidation sites excluding steroid dienone is 1. The summed E-state index contributed by atoms with van der Waals surface area (Å²) in [4.78, 5) is 17.0. The Morgan fingerprint density at radius 3 is 2.41 bits per heavy atom. The molecule has 0 radical (unpaired) electrons. The van der Waals surface area contributed by atoms with E-state index in [4.69, 9.17) is 10.00 Å². The second-order valence-corrected chi connectivity index (χ2v) is 5.27. The van der Waals surface area contributed by atoms with E-state index in [0.29, 0.717) is 31.6 Å². The number of hydrogen-bond acceptors (Lipinski definition) is 4. The first-order chi connectivity index (χ1) is 14.0. The van der Waals surface area contributed by atoms with E-state index in [1.54, 1.807) is 43.3 Å². The van der Waals surface area contributed by atoms with E-state index < -0.39 is 6.67 Å². The predicted molar refractivity (Wildman–Crippen MR) is 119 cm³/mol. The molecule has 0 spiro atoms. The van der Waals surface area contributed by atoms with Crippen molar-refractivity contribution in [3.8, 4) is 11.8 Å². The number of aromatic nitrogens is 1. The number of hydrogen-bond donors (Lipinski definition) is 1. The van der Waals surface area contributed by atoms with Crippen LogP contribution in [-0.4, -0.2) is 56.1 Å². The Balaban J connectivity index is 0. The minimum Gasteiger partial charge on any atom is -0.493 e. The summed E-state index contributed by atoms with van der Waals surface area (Å²) in [6.07, 6.45) is 1.83. The number of carbonyl (C=O) groups is 1. The van der Waals surface area contributed by atoms with E-state index in [9.17, 15) is 13.6 Å². The lowest BCUT2D eigenvalue weighted by Crippen LogP contribution is -2.09. The van der Waals surface area contributed by atoms with E-state index >= 15 is 0 Å². The van der Waals surface area contributed by atoms with Gasteiger partial charge in [0, 0.05) is 37.6 Å². The van der Waals surface area contributed by atoms with Gasteiger partial charge in [-0.15, -0.1) is 0 Å². The monoisotopic (exact) mass is 473 g/mol. The number of ether oxygens (including phenoxy) is 1. The molecule has 0 saturated heterocycles. The quantitative estimate of drug-likeness (QED) is 0.184. The van der Waals surface area contributed by atoms with E-state index in [-0.39, 0.29) is 11.4 Å². The molecule has 0 aliphatic rings. The van der Waals surface area contributed by atoms with E-state index in [2.05, 4.69) is 20.9 Å². The largest absolute Gasteiger partial charge is 0.493 e. The first-order valence-electron chi connectivity index (χ1n) is 8.95. The van der Waals surface area contributed by atoms with Gasteiger partial charge in [-0.25, -0.2) is 0 Å². The van der Waals surface area contributed by atoms with Gasteiger partial charge in [0.2, 0.25) is 5.78 Å². The van der Waals surface area contributed by atoms with Crippen LogP contribution in [0.1, 0.15) is 30.8 Å². The zero-order chi connectivity index (χ0) is 22.8. The molecule has 0 aliphatic carbocycles. The van der Waals surface area contributed by atoms with Crippen molar-refractivity contribution in [3.05, 3.63) is 41.7 Å². The van der Waals surface area contributed by atoms with Gasteiger partial charge in [-0.2, -0.15) is 5.26 Å². The maximum atomic E-state index is 12.4. The number of Topliss-reactive ketones (excluding diaryl/α,β-unsaturated/α-hetero) is 1. The van der Waals surface area contributed by atoms with Crippen LogP contribution < -0.4 is 4.74 Å². The summed E-state index contributed by atoms with van der Waals surface area (Å²) in [5.41, 5.74) is 1.17. The third-order valence-electron chi connectivity index (χ3n) is 3.14. The molecule has 0 unspecified atom stereocenters. The fourth-order valence-corrected chi connectivity index (χ4v) is 2.11. The molecule has 1 N–H and O–H groups in total. The average molecular weight is 474 g/mol. The first-order valence-corrected chi connectivity index (χ1v) is 10.5. The van der Waals surface area contributed by atoms with Gasteiger partial charge >= 0.3 is 0 Å². The van der Waals surface area contributed by atoms with Gasteiger partial charge in [0.05, 0.1) is 26.2 Å². The van der Waals surface area contributed by atoms with Crippen molar-refractivity contribution >= 4 is 32.6 Å². The lowest BCUT2D eigenvalue weighted by atomic mass is 10.1. The van der Waals surface area contributed by atoms with Gasteiger partial charge in [0.1, 0.15) is 17.4 Å². The molecule has 1 aromatic heterocycles. The second kappa shape index (κ2) is 17.7. The van der Waals surface area contributed by atoms with Crippen LogP contribution in [0.4, 0.5) is 8.78 Å². The Labute approximate surface area is 180 Å². The summed E-state index contributed by atoms with van der Waals surface area (Å²) in [5, 5.41) is 9.92. The van der Waals surface area contributed by atoms with Gasteiger partial charge in [0.15, 0.2) is 0 Å². The zero-order valence-corrected chi connectivity index (χ0v) is 19.4. The highest BCUT2D eigenvalue weighted by Gasteiger charge is 2.15. The Morgan fingerprint density at radius 2 is 1.90 bits per heavy atom. The topological polar surface area (TPSA) is 69.1 Å². The van der Waals surface area contributed by atoms with Gasteiger partial charge in [-0.3, -0.25) is 13.6 Å². The molecule has 29 heavy (non-hydrogen) atoms. The summed E-state index contributed by atoms with van der Waals surface area (Å²) < 4.78 is 27.0. The molecule has 2 rings (SSSR count). The first kappa shape index (κ1) is 28.8. The highest BCUT2D eigenvalue weighted by molar-refractivity contribution is 9.08. The van der Waals surface area contributed by atoms with E-state index in [1.165, 1.54) is 6.20 Å². The highest BCUT2D eigenvalue weighted by Crippen LogP contribution is 2.23. The number of halogens is 3. The molecule has 1 aromatic carbocycles. The normalized spacial score (nSPS) is 9.59. The molecule has 0 saturated carbocycles.